The van der Waals surface area contributed by atoms with Gasteiger partial charge in [0.25, 0.3) is 0 Å². The number of aromatic hydroxyl groups is 1. The number of phenolic OH excluding ortho intramolecular Hbond substituents is 1. The first-order chi connectivity index (χ1) is 20.8. The fourth-order valence-electron chi connectivity index (χ4n) is 3.95. The summed E-state index contributed by atoms with van der Waals surface area (Å²) in [5, 5.41) is 19.3. The number of nitrogens with one attached hydrogen (secondary N) is 4. The highest BCUT2D eigenvalue weighted by molar-refractivity contribution is 5.94. The van der Waals surface area contributed by atoms with Crippen LogP contribution in [0.1, 0.15) is 18.1 Å². The van der Waals surface area contributed by atoms with Crippen LogP contribution < -0.4 is 27.0 Å². The Balaban J connectivity index is 1.90. The lowest BCUT2D eigenvalue weighted by molar-refractivity contribution is -0.140. The number of benzene rings is 2. The van der Waals surface area contributed by atoms with Gasteiger partial charge in [-0.05, 0) is 36.6 Å². The number of carbonyl (C=O) groups excluding carboxylic acids is 6. The maximum Gasteiger partial charge on any atom is 0.245 e. The Bertz CT molecular complexity index is 1300. The predicted molar refractivity (Wildman–Crippen MR) is 162 cm³/mol. The van der Waals surface area contributed by atoms with Crippen molar-refractivity contribution in [3.63, 3.8) is 0 Å². The van der Waals surface area contributed by atoms with Gasteiger partial charge in [0.2, 0.25) is 35.4 Å². The molecular formula is C30H41N7O7. The second kappa shape index (κ2) is 17.2. The molecule has 0 saturated carbocycles. The molecular weight excluding hydrogens is 570 g/mol. The van der Waals surface area contributed by atoms with Gasteiger partial charge in [-0.2, -0.15) is 0 Å². The molecule has 0 aliphatic heterocycles. The summed E-state index contributed by atoms with van der Waals surface area (Å²) in [5.74, 6) is -3.21. The summed E-state index contributed by atoms with van der Waals surface area (Å²) in [6, 6.07) is 12.1. The van der Waals surface area contributed by atoms with Gasteiger partial charge in [-0.3, -0.25) is 28.8 Å². The minimum absolute atomic E-state index is 0.0851. The van der Waals surface area contributed by atoms with Gasteiger partial charge >= 0.3 is 0 Å². The largest absolute Gasteiger partial charge is 0.508 e. The molecule has 0 aliphatic carbocycles. The summed E-state index contributed by atoms with van der Waals surface area (Å²) >= 11 is 0. The van der Waals surface area contributed by atoms with Crippen molar-refractivity contribution in [3.8, 4) is 5.75 Å². The zero-order valence-corrected chi connectivity index (χ0v) is 25.3. The Kier molecular flexibility index (Phi) is 13.8. The molecule has 0 bridgehead atoms. The monoisotopic (exact) mass is 611 g/mol. The quantitative estimate of drug-likeness (QED) is 0.136. The van der Waals surface area contributed by atoms with E-state index in [-0.39, 0.29) is 31.0 Å². The number of hydrogen-bond donors (Lipinski definition) is 6. The van der Waals surface area contributed by atoms with Gasteiger partial charge in [-0.25, -0.2) is 0 Å². The molecule has 0 saturated heterocycles. The van der Waals surface area contributed by atoms with E-state index < -0.39 is 60.8 Å². The van der Waals surface area contributed by atoms with Gasteiger partial charge in [0.05, 0.1) is 25.7 Å². The van der Waals surface area contributed by atoms with Crippen molar-refractivity contribution in [1.82, 2.24) is 31.1 Å². The Hall–Kier alpha value is -4.98. The van der Waals surface area contributed by atoms with Crippen molar-refractivity contribution < 1.29 is 33.9 Å². The van der Waals surface area contributed by atoms with Crippen molar-refractivity contribution in [2.45, 2.75) is 37.9 Å². The van der Waals surface area contributed by atoms with Crippen molar-refractivity contribution in [3.05, 3.63) is 65.7 Å². The highest BCUT2D eigenvalue weighted by atomic mass is 16.3. The van der Waals surface area contributed by atoms with Crippen molar-refractivity contribution in [2.24, 2.45) is 5.73 Å². The maximum atomic E-state index is 13.1. The average Bonchev–Trinajstić information content (AvgIpc) is 2.99. The summed E-state index contributed by atoms with van der Waals surface area (Å²) in [6.45, 7) is 0.410. The molecule has 14 nitrogen and oxygen atoms in total. The molecule has 0 radical (unpaired) electrons. The zero-order chi connectivity index (χ0) is 32.8. The fraction of sp³-hybridized carbons (Fsp3) is 0.400. The third kappa shape index (κ3) is 12.1. The molecule has 2 aromatic rings. The van der Waals surface area contributed by atoms with Gasteiger partial charge < -0.3 is 41.9 Å². The number of nitrogens with two attached hydrogens (primary N) is 1. The van der Waals surface area contributed by atoms with Gasteiger partial charge in [-0.15, -0.1) is 0 Å². The highest BCUT2D eigenvalue weighted by Crippen LogP contribution is 2.11. The summed E-state index contributed by atoms with van der Waals surface area (Å²) in [6.07, 6.45) is 0.299. The molecule has 7 N–H and O–H groups in total. The molecule has 2 rings (SSSR count). The summed E-state index contributed by atoms with van der Waals surface area (Å²) in [4.78, 5) is 77.6. The highest BCUT2D eigenvalue weighted by Gasteiger charge is 2.27. The number of rotatable bonds is 15. The molecule has 44 heavy (non-hydrogen) atoms. The van der Waals surface area contributed by atoms with Crippen LogP contribution in [0.4, 0.5) is 0 Å². The van der Waals surface area contributed by atoms with E-state index in [1.165, 1.54) is 35.9 Å². The summed E-state index contributed by atoms with van der Waals surface area (Å²) in [5.41, 5.74) is 7.37. The zero-order valence-electron chi connectivity index (χ0n) is 25.3. The lowest BCUT2D eigenvalue weighted by Crippen LogP contribution is -2.55. The Morgan fingerprint density at radius 3 is 1.98 bits per heavy atom. The van der Waals surface area contributed by atoms with Gasteiger partial charge in [-0.1, -0.05) is 42.5 Å². The molecule has 3 atom stereocenters. The molecule has 0 aliphatic rings. The van der Waals surface area contributed by atoms with Crippen LogP contribution >= 0.6 is 0 Å². The van der Waals surface area contributed by atoms with Gasteiger partial charge in [0.1, 0.15) is 17.8 Å². The Morgan fingerprint density at radius 1 is 0.773 bits per heavy atom. The van der Waals surface area contributed by atoms with E-state index in [0.717, 1.165) is 11.1 Å². The van der Waals surface area contributed by atoms with Crippen LogP contribution in [0.5, 0.6) is 5.75 Å². The molecule has 0 aromatic heterocycles. The number of amides is 6. The van der Waals surface area contributed by atoms with Crippen LogP contribution in [0.2, 0.25) is 0 Å². The number of phenols is 1. The van der Waals surface area contributed by atoms with Crippen LogP contribution in [-0.4, -0.2) is 109 Å². The molecule has 14 heteroatoms. The van der Waals surface area contributed by atoms with Crippen molar-refractivity contribution in [1.29, 1.82) is 0 Å². The molecule has 6 amide bonds. The van der Waals surface area contributed by atoms with E-state index in [4.69, 9.17) is 5.73 Å². The smallest absolute Gasteiger partial charge is 0.245 e. The topological polar surface area (TPSA) is 203 Å². The first-order valence-electron chi connectivity index (χ1n) is 13.9. The van der Waals surface area contributed by atoms with E-state index in [2.05, 4.69) is 21.3 Å². The molecule has 0 heterocycles. The predicted octanol–water partition coefficient (Wildman–Crippen LogP) is -1.73. The number of carbonyl (C=O) groups is 6. The second-order valence-electron chi connectivity index (χ2n) is 10.5. The van der Waals surface area contributed by atoms with Crippen LogP contribution in [0.15, 0.2) is 54.6 Å². The average molecular weight is 612 g/mol. The third-order valence-corrected chi connectivity index (χ3v) is 6.51. The van der Waals surface area contributed by atoms with Crippen LogP contribution in [-0.2, 0) is 41.6 Å². The number of hydrogen-bond acceptors (Lipinski definition) is 8. The SMILES string of the molecule is C[C@H](NC(=O)[C@H](Cc1ccccc1)NC(=O)CNC(=O)CNC(=O)[C@@H](N)Cc1ccc(O)cc1)C(=O)N(C)CC(=O)N(C)C. The third-order valence-electron chi connectivity index (χ3n) is 6.51. The van der Waals surface area contributed by atoms with E-state index in [0.29, 0.717) is 0 Å². The van der Waals surface area contributed by atoms with Gasteiger partial charge in [0.15, 0.2) is 0 Å². The van der Waals surface area contributed by atoms with E-state index in [1.807, 2.05) is 0 Å². The van der Waals surface area contributed by atoms with E-state index >= 15 is 0 Å². The summed E-state index contributed by atoms with van der Waals surface area (Å²) < 4.78 is 0. The van der Waals surface area contributed by atoms with E-state index in [9.17, 15) is 33.9 Å². The fourth-order valence-corrected chi connectivity index (χ4v) is 3.95. The minimum atomic E-state index is -1.08. The lowest BCUT2D eigenvalue weighted by Gasteiger charge is -2.25. The molecule has 0 fully saturated rings. The Labute approximate surface area is 256 Å². The normalized spacial score (nSPS) is 12.6. The van der Waals surface area contributed by atoms with Crippen LogP contribution in [0.3, 0.4) is 0 Å². The van der Waals surface area contributed by atoms with Crippen molar-refractivity contribution >= 4 is 35.4 Å². The first kappa shape index (κ1) is 35.2. The van der Waals surface area contributed by atoms with Crippen LogP contribution in [0, 0.1) is 0 Å². The number of likely N-dealkylation sites (N-methyl/N-ethyl adjacent to an activating group) is 2. The molecule has 2 aromatic carbocycles. The maximum absolute atomic E-state index is 13.1. The molecule has 0 spiro atoms. The standard InChI is InChI=1S/C30H41N7O7/c1-19(30(44)37(4)18-27(41)36(2)3)34-29(43)24(15-20-8-6-5-7-9-20)35-26(40)17-32-25(39)16-33-28(42)23(31)14-21-10-12-22(38)13-11-21/h5-13,19,23-24,38H,14-18,31H2,1-4H3,(H,32,39)(H,33,42)(H,34,43)(H,35,40)/t19-,23-,24-/m0/s1. The lowest BCUT2D eigenvalue weighted by atomic mass is 10.0. The first-order valence-corrected chi connectivity index (χ1v) is 13.9. The number of nitrogens with zero attached hydrogens (tertiary/aromatic N) is 2. The second-order valence-corrected chi connectivity index (χ2v) is 10.5. The van der Waals surface area contributed by atoms with Crippen molar-refractivity contribution in [2.75, 3.05) is 40.8 Å². The minimum Gasteiger partial charge on any atom is -0.508 e. The Morgan fingerprint density at radius 2 is 1.36 bits per heavy atom. The molecule has 238 valence electrons. The van der Waals surface area contributed by atoms with Gasteiger partial charge in [0, 0.05) is 27.6 Å². The van der Waals surface area contributed by atoms with E-state index in [1.54, 1.807) is 56.6 Å². The molecule has 0 unspecified atom stereocenters. The van der Waals surface area contributed by atoms with Crippen LogP contribution in [0.25, 0.3) is 0 Å². The summed E-state index contributed by atoms with van der Waals surface area (Å²) in [7, 11) is 4.58.